The van der Waals surface area contributed by atoms with Crippen LogP contribution in [0.5, 0.6) is 0 Å². The number of thioether (sulfide) groups is 1. The number of aliphatic imine (C=N–C) groups is 1. The molecule has 0 bridgehead atoms. The summed E-state index contributed by atoms with van der Waals surface area (Å²) in [5, 5.41) is 4.73. The average Bonchev–Trinajstić information content (AvgIpc) is 3.04. The molecule has 92 valence electrons. The Morgan fingerprint density at radius 1 is 1.39 bits per heavy atom. The lowest BCUT2D eigenvalue weighted by Gasteiger charge is -2.17. The molecule has 0 fully saturated rings. The van der Waals surface area contributed by atoms with E-state index in [0.717, 1.165) is 0 Å². The monoisotopic (exact) mass is 276 g/mol. The quantitative estimate of drug-likeness (QED) is 0.803. The second-order valence-electron chi connectivity index (χ2n) is 4.48. The van der Waals surface area contributed by atoms with Crippen LogP contribution < -0.4 is 0 Å². The molecule has 4 nitrogen and oxygen atoms in total. The fourth-order valence-corrected chi connectivity index (χ4v) is 4.82. The number of hydrogen-bond acceptors (Lipinski definition) is 5. The van der Waals surface area contributed by atoms with E-state index >= 15 is 0 Å². The van der Waals surface area contributed by atoms with Gasteiger partial charge in [-0.2, -0.15) is 5.10 Å². The predicted octanol–water partition coefficient (Wildman–Crippen LogP) is 2.81. The molecule has 0 N–H and O–H groups in total. The number of aryl methyl sites for hydroxylation is 1. The van der Waals surface area contributed by atoms with Gasteiger partial charge >= 0.3 is 0 Å². The average molecular weight is 276 g/mol. The number of hydrogen-bond donors (Lipinski definition) is 0. The number of rotatable bonds is 1. The number of thiazole rings is 1. The molecule has 4 rings (SSSR count). The summed E-state index contributed by atoms with van der Waals surface area (Å²) in [5.41, 5.74) is 1.23. The van der Waals surface area contributed by atoms with Crippen molar-refractivity contribution in [2.75, 3.05) is 0 Å². The van der Waals surface area contributed by atoms with Crippen molar-refractivity contribution in [3.63, 3.8) is 0 Å². The van der Waals surface area contributed by atoms with Crippen LogP contribution in [0.3, 0.4) is 0 Å². The zero-order valence-electron chi connectivity index (χ0n) is 10.1. The summed E-state index contributed by atoms with van der Waals surface area (Å²) in [7, 11) is 0. The Labute approximate surface area is 113 Å². The lowest BCUT2D eigenvalue weighted by Crippen LogP contribution is -2.25. The van der Waals surface area contributed by atoms with E-state index in [1.807, 2.05) is 40.0 Å². The van der Waals surface area contributed by atoms with Crippen molar-refractivity contribution < 1.29 is 0 Å². The Morgan fingerprint density at radius 3 is 3.06 bits per heavy atom. The zero-order valence-corrected chi connectivity index (χ0v) is 11.7. The fraction of sp³-hybridized carbons (Fsp3) is 0.333. The fourth-order valence-electron chi connectivity index (χ4n) is 2.37. The molecule has 2 aliphatic rings. The molecule has 0 amide bonds. The molecule has 4 heterocycles. The van der Waals surface area contributed by atoms with Gasteiger partial charge in [0.25, 0.3) is 0 Å². The first-order valence-corrected chi connectivity index (χ1v) is 7.56. The maximum Gasteiger partial charge on any atom is 0.120 e. The van der Waals surface area contributed by atoms with E-state index in [2.05, 4.69) is 41.1 Å². The first kappa shape index (κ1) is 10.6. The Kier molecular flexibility index (Phi) is 2.14. The standard InChI is InChI=1S/C12H12N4S2/c1-7-12(18-10-3-4-14-16(7)10)9-6-15-8(2)13-5-11(15)17-9/h3-6,8,11H,1-2H3. The van der Waals surface area contributed by atoms with Crippen molar-refractivity contribution in [2.45, 2.75) is 25.4 Å². The first-order valence-electron chi connectivity index (χ1n) is 5.87. The van der Waals surface area contributed by atoms with Gasteiger partial charge < -0.3 is 4.90 Å². The number of fused-ring (bicyclic) bond motifs is 2. The largest absolute Gasteiger partial charge is 0.338 e. The zero-order chi connectivity index (χ0) is 12.3. The molecule has 0 aromatic carbocycles. The van der Waals surface area contributed by atoms with Crippen LogP contribution in [0.25, 0.3) is 9.74 Å². The van der Waals surface area contributed by atoms with Crippen LogP contribution in [0.2, 0.25) is 0 Å². The van der Waals surface area contributed by atoms with E-state index in [-0.39, 0.29) is 6.17 Å². The second-order valence-corrected chi connectivity index (χ2v) is 6.67. The van der Waals surface area contributed by atoms with Crippen LogP contribution in [-0.4, -0.2) is 32.3 Å². The van der Waals surface area contributed by atoms with E-state index in [4.69, 9.17) is 0 Å². The molecule has 2 atom stereocenters. The summed E-state index contributed by atoms with van der Waals surface area (Å²) in [4.78, 5) is 10.6. The van der Waals surface area contributed by atoms with Gasteiger partial charge in [-0.05, 0) is 19.9 Å². The molecule has 0 aliphatic carbocycles. The lowest BCUT2D eigenvalue weighted by atomic mass is 10.3. The molecule has 0 saturated carbocycles. The SMILES string of the molecule is Cc1c(C2=CN3C(C)N=CC3S2)sc2ccnn12. The molecule has 0 spiro atoms. The smallest absolute Gasteiger partial charge is 0.120 e. The predicted molar refractivity (Wildman–Crippen MR) is 77.0 cm³/mol. The highest BCUT2D eigenvalue weighted by Crippen LogP contribution is 2.45. The molecule has 0 saturated heterocycles. The minimum Gasteiger partial charge on any atom is -0.338 e. The van der Waals surface area contributed by atoms with Gasteiger partial charge in [0.1, 0.15) is 16.4 Å². The van der Waals surface area contributed by atoms with Crippen LogP contribution in [0.15, 0.2) is 23.5 Å². The number of nitrogens with zero attached hydrogens (tertiary/aromatic N) is 4. The minimum atomic E-state index is 0.268. The molecule has 18 heavy (non-hydrogen) atoms. The second kappa shape index (κ2) is 3.61. The molecule has 2 aliphatic heterocycles. The van der Waals surface area contributed by atoms with Gasteiger partial charge in [0.15, 0.2) is 0 Å². The third kappa shape index (κ3) is 1.33. The summed E-state index contributed by atoms with van der Waals surface area (Å²) in [6.07, 6.45) is 6.41. The Morgan fingerprint density at radius 2 is 2.28 bits per heavy atom. The van der Waals surface area contributed by atoms with Crippen molar-refractivity contribution in [1.82, 2.24) is 14.5 Å². The highest BCUT2D eigenvalue weighted by atomic mass is 32.2. The van der Waals surface area contributed by atoms with Crippen molar-refractivity contribution in [2.24, 2.45) is 4.99 Å². The van der Waals surface area contributed by atoms with E-state index in [1.165, 1.54) is 20.3 Å². The highest BCUT2D eigenvalue weighted by molar-refractivity contribution is 8.09. The first-order chi connectivity index (χ1) is 8.74. The third-order valence-electron chi connectivity index (χ3n) is 3.35. The van der Waals surface area contributed by atoms with Gasteiger partial charge in [0.2, 0.25) is 0 Å². The minimum absolute atomic E-state index is 0.268. The molecule has 0 radical (unpaired) electrons. The van der Waals surface area contributed by atoms with Crippen LogP contribution in [0.4, 0.5) is 0 Å². The van der Waals surface area contributed by atoms with Crippen LogP contribution in [0, 0.1) is 6.92 Å². The molecular formula is C12H12N4S2. The van der Waals surface area contributed by atoms with Gasteiger partial charge in [0, 0.05) is 17.3 Å². The summed E-state index contributed by atoms with van der Waals surface area (Å²) < 4.78 is 2.02. The van der Waals surface area contributed by atoms with Gasteiger partial charge in [0.05, 0.1) is 16.8 Å². The highest BCUT2D eigenvalue weighted by Gasteiger charge is 2.33. The number of aromatic nitrogens is 2. The normalized spacial score (nSPS) is 26.1. The maximum atomic E-state index is 4.43. The summed E-state index contributed by atoms with van der Waals surface area (Å²) in [5.74, 6) is 0. The van der Waals surface area contributed by atoms with Crippen LogP contribution in [-0.2, 0) is 0 Å². The van der Waals surface area contributed by atoms with Crippen molar-refractivity contribution in [1.29, 1.82) is 0 Å². The summed E-state index contributed by atoms with van der Waals surface area (Å²) >= 11 is 3.69. The van der Waals surface area contributed by atoms with Crippen LogP contribution >= 0.6 is 23.1 Å². The Balaban J connectivity index is 1.78. The van der Waals surface area contributed by atoms with Gasteiger partial charge in [-0.25, -0.2) is 4.52 Å². The van der Waals surface area contributed by atoms with Crippen molar-refractivity contribution in [3.8, 4) is 0 Å². The Bertz CT molecular complexity index is 681. The Hall–Kier alpha value is -1.27. The summed E-state index contributed by atoms with van der Waals surface area (Å²) in [6.45, 7) is 4.26. The van der Waals surface area contributed by atoms with Crippen LogP contribution in [0.1, 0.15) is 17.5 Å². The van der Waals surface area contributed by atoms with Gasteiger partial charge in [-0.1, -0.05) is 11.8 Å². The topological polar surface area (TPSA) is 32.9 Å². The summed E-state index contributed by atoms with van der Waals surface area (Å²) in [6, 6.07) is 2.06. The lowest BCUT2D eigenvalue weighted by molar-refractivity contribution is 0.357. The molecule has 6 heteroatoms. The van der Waals surface area contributed by atoms with Gasteiger partial charge in [-0.3, -0.25) is 4.99 Å². The maximum absolute atomic E-state index is 4.43. The van der Waals surface area contributed by atoms with E-state index in [1.54, 1.807) is 0 Å². The third-order valence-corrected chi connectivity index (χ3v) is 5.89. The van der Waals surface area contributed by atoms with Crippen molar-refractivity contribution in [3.05, 3.63) is 29.0 Å². The van der Waals surface area contributed by atoms with E-state index in [9.17, 15) is 0 Å². The molecule has 2 aromatic rings. The van der Waals surface area contributed by atoms with E-state index in [0.29, 0.717) is 5.37 Å². The van der Waals surface area contributed by atoms with E-state index < -0.39 is 0 Å². The molecular weight excluding hydrogens is 264 g/mol. The molecule has 2 aromatic heterocycles. The molecule has 2 unspecified atom stereocenters. The van der Waals surface area contributed by atoms with Gasteiger partial charge in [-0.15, -0.1) is 11.3 Å². The van der Waals surface area contributed by atoms with Crippen molar-refractivity contribution >= 4 is 39.0 Å².